The van der Waals surface area contributed by atoms with E-state index >= 15 is 0 Å². The maximum Gasteiger partial charge on any atom is 0.242 e. The van der Waals surface area contributed by atoms with Crippen LogP contribution in [0.25, 0.3) is 5.65 Å². The molecule has 4 nitrogen and oxygen atoms in total. The van der Waals surface area contributed by atoms with Crippen LogP contribution in [0.5, 0.6) is 11.6 Å². The molecular formula is C14H12ClN3O. The van der Waals surface area contributed by atoms with Crippen molar-refractivity contribution in [2.45, 2.75) is 6.54 Å². The number of benzene rings is 1. The summed E-state index contributed by atoms with van der Waals surface area (Å²) in [5, 5.41) is 0.621. The minimum absolute atomic E-state index is 0.348. The number of hydrogen-bond donors (Lipinski definition) is 1. The van der Waals surface area contributed by atoms with E-state index in [0.717, 1.165) is 11.3 Å². The van der Waals surface area contributed by atoms with Crippen molar-refractivity contribution in [2.75, 3.05) is 0 Å². The topological polar surface area (TPSA) is 52.5 Å². The lowest BCUT2D eigenvalue weighted by Gasteiger charge is -2.05. The average Bonchev–Trinajstić information content (AvgIpc) is 2.75. The summed E-state index contributed by atoms with van der Waals surface area (Å²) in [5.74, 6) is 1.15. The molecular weight excluding hydrogens is 262 g/mol. The minimum atomic E-state index is 0.348. The van der Waals surface area contributed by atoms with Gasteiger partial charge >= 0.3 is 0 Å². The second-order valence-electron chi connectivity index (χ2n) is 4.06. The van der Waals surface area contributed by atoms with Gasteiger partial charge < -0.3 is 10.5 Å². The van der Waals surface area contributed by atoms with Gasteiger partial charge in [-0.3, -0.25) is 4.40 Å². The number of pyridine rings is 1. The molecule has 2 N–H and O–H groups in total. The molecule has 0 spiro atoms. The van der Waals surface area contributed by atoms with E-state index in [4.69, 9.17) is 22.1 Å². The zero-order valence-electron chi connectivity index (χ0n) is 10.1. The Hall–Kier alpha value is -2.04. The fourth-order valence-electron chi connectivity index (χ4n) is 1.93. The third-order valence-electron chi connectivity index (χ3n) is 2.80. The molecule has 3 aromatic rings. The zero-order chi connectivity index (χ0) is 13.2. The molecule has 19 heavy (non-hydrogen) atoms. The van der Waals surface area contributed by atoms with Crippen molar-refractivity contribution in [3.05, 3.63) is 59.4 Å². The first-order valence-corrected chi connectivity index (χ1v) is 6.25. The Labute approximate surface area is 115 Å². The molecule has 0 atom stereocenters. The van der Waals surface area contributed by atoms with Gasteiger partial charge in [0.1, 0.15) is 17.1 Å². The molecule has 0 aliphatic heterocycles. The normalized spacial score (nSPS) is 10.8. The van der Waals surface area contributed by atoms with Crippen LogP contribution in [0.4, 0.5) is 0 Å². The van der Waals surface area contributed by atoms with Gasteiger partial charge in [-0.15, -0.1) is 0 Å². The van der Waals surface area contributed by atoms with Crippen molar-refractivity contribution in [1.82, 2.24) is 9.38 Å². The van der Waals surface area contributed by atoms with Crippen molar-refractivity contribution < 1.29 is 4.74 Å². The predicted molar refractivity (Wildman–Crippen MR) is 74.6 cm³/mol. The van der Waals surface area contributed by atoms with Gasteiger partial charge in [-0.25, -0.2) is 0 Å². The van der Waals surface area contributed by atoms with Crippen molar-refractivity contribution in [1.29, 1.82) is 0 Å². The van der Waals surface area contributed by atoms with E-state index in [-0.39, 0.29) is 0 Å². The molecule has 2 heterocycles. The number of nitrogens with two attached hydrogens (primary N) is 1. The van der Waals surface area contributed by atoms with Crippen LogP contribution >= 0.6 is 11.6 Å². The van der Waals surface area contributed by atoms with E-state index in [0.29, 0.717) is 23.2 Å². The summed E-state index contributed by atoms with van der Waals surface area (Å²) >= 11 is 5.93. The summed E-state index contributed by atoms with van der Waals surface area (Å²) in [7, 11) is 0. The summed E-state index contributed by atoms with van der Waals surface area (Å²) in [6.45, 7) is 0.348. The SMILES string of the molecule is NCc1c(Oc2cccc(Cl)c2)nc2ccccn12. The number of fused-ring (bicyclic) bond motifs is 1. The lowest BCUT2D eigenvalue weighted by Crippen LogP contribution is -2.02. The highest BCUT2D eigenvalue weighted by Crippen LogP contribution is 2.27. The van der Waals surface area contributed by atoms with Gasteiger partial charge in [-0.2, -0.15) is 4.98 Å². The van der Waals surface area contributed by atoms with Gasteiger partial charge in [0, 0.05) is 17.8 Å². The molecule has 0 aliphatic rings. The van der Waals surface area contributed by atoms with Gasteiger partial charge in [-0.1, -0.05) is 23.7 Å². The third-order valence-corrected chi connectivity index (χ3v) is 3.03. The smallest absolute Gasteiger partial charge is 0.242 e. The summed E-state index contributed by atoms with van der Waals surface area (Å²) in [4.78, 5) is 4.43. The number of imidazole rings is 1. The van der Waals surface area contributed by atoms with Crippen molar-refractivity contribution in [3.8, 4) is 11.6 Å². The molecule has 96 valence electrons. The number of aromatic nitrogens is 2. The molecule has 0 saturated heterocycles. The van der Waals surface area contributed by atoms with Crippen molar-refractivity contribution in [2.24, 2.45) is 5.73 Å². The monoisotopic (exact) mass is 273 g/mol. The Morgan fingerprint density at radius 2 is 2.11 bits per heavy atom. The van der Waals surface area contributed by atoms with E-state index in [2.05, 4.69) is 4.98 Å². The standard InChI is InChI=1S/C14H12ClN3O/c15-10-4-3-5-11(8-10)19-14-12(9-16)18-7-2-1-6-13(18)17-14/h1-8H,9,16H2. The lowest BCUT2D eigenvalue weighted by molar-refractivity contribution is 0.459. The second kappa shape index (κ2) is 4.91. The second-order valence-corrected chi connectivity index (χ2v) is 4.49. The van der Waals surface area contributed by atoms with E-state index in [1.54, 1.807) is 12.1 Å². The Morgan fingerprint density at radius 3 is 2.89 bits per heavy atom. The van der Waals surface area contributed by atoms with Crippen LogP contribution in [0.15, 0.2) is 48.7 Å². The van der Waals surface area contributed by atoms with Crippen molar-refractivity contribution in [3.63, 3.8) is 0 Å². The lowest BCUT2D eigenvalue weighted by atomic mass is 10.3. The maximum atomic E-state index is 5.93. The first kappa shape index (κ1) is 12.0. The molecule has 5 heteroatoms. The van der Waals surface area contributed by atoms with Gasteiger partial charge in [0.25, 0.3) is 0 Å². The van der Waals surface area contributed by atoms with E-state index in [1.165, 1.54) is 0 Å². The summed E-state index contributed by atoms with van der Waals surface area (Å²) < 4.78 is 7.69. The maximum absolute atomic E-state index is 5.93. The number of hydrogen-bond acceptors (Lipinski definition) is 3. The Morgan fingerprint density at radius 1 is 1.21 bits per heavy atom. The highest BCUT2D eigenvalue weighted by atomic mass is 35.5. The Kier molecular flexibility index (Phi) is 3.11. The van der Waals surface area contributed by atoms with Gasteiger partial charge in [-0.05, 0) is 30.3 Å². The van der Waals surface area contributed by atoms with E-state index in [9.17, 15) is 0 Å². The van der Waals surface area contributed by atoms with Crippen LogP contribution < -0.4 is 10.5 Å². The first-order chi connectivity index (χ1) is 9.28. The van der Waals surface area contributed by atoms with Crippen LogP contribution in [-0.4, -0.2) is 9.38 Å². The zero-order valence-corrected chi connectivity index (χ0v) is 10.8. The first-order valence-electron chi connectivity index (χ1n) is 5.87. The number of rotatable bonds is 3. The quantitative estimate of drug-likeness (QED) is 0.797. The number of halogens is 1. The molecule has 0 saturated carbocycles. The Balaban J connectivity index is 2.05. The summed E-state index contributed by atoms with van der Waals surface area (Å²) in [6.07, 6.45) is 1.91. The van der Waals surface area contributed by atoms with E-state index < -0.39 is 0 Å². The van der Waals surface area contributed by atoms with Crippen LogP contribution in [0.2, 0.25) is 5.02 Å². The molecule has 0 radical (unpaired) electrons. The molecule has 0 fully saturated rings. The largest absolute Gasteiger partial charge is 0.437 e. The fraction of sp³-hybridized carbons (Fsp3) is 0.0714. The highest BCUT2D eigenvalue weighted by Gasteiger charge is 2.12. The molecule has 0 aliphatic carbocycles. The van der Waals surface area contributed by atoms with Crippen LogP contribution in [-0.2, 0) is 6.54 Å². The van der Waals surface area contributed by atoms with Crippen molar-refractivity contribution >= 4 is 17.2 Å². The van der Waals surface area contributed by atoms with Crippen LogP contribution in [0.3, 0.4) is 0 Å². The number of nitrogens with zero attached hydrogens (tertiary/aromatic N) is 2. The highest BCUT2D eigenvalue weighted by molar-refractivity contribution is 6.30. The molecule has 0 unspecified atom stereocenters. The summed E-state index contributed by atoms with van der Waals surface area (Å²) in [6, 6.07) is 13.0. The molecule has 0 amide bonds. The fourth-order valence-corrected chi connectivity index (χ4v) is 2.11. The average molecular weight is 274 g/mol. The van der Waals surface area contributed by atoms with Crippen LogP contribution in [0.1, 0.15) is 5.69 Å². The number of ether oxygens (including phenoxy) is 1. The minimum Gasteiger partial charge on any atom is -0.437 e. The molecule has 0 bridgehead atoms. The van der Waals surface area contributed by atoms with Gasteiger partial charge in [0.05, 0.1) is 0 Å². The molecule has 3 rings (SSSR count). The third kappa shape index (κ3) is 2.28. The van der Waals surface area contributed by atoms with Crippen LogP contribution in [0, 0.1) is 0 Å². The Bertz CT molecular complexity index is 724. The molecule has 1 aromatic carbocycles. The van der Waals surface area contributed by atoms with Gasteiger partial charge in [0.15, 0.2) is 0 Å². The summed E-state index contributed by atoms with van der Waals surface area (Å²) in [5.41, 5.74) is 7.41. The predicted octanol–water partition coefficient (Wildman–Crippen LogP) is 3.24. The van der Waals surface area contributed by atoms with Gasteiger partial charge in [0.2, 0.25) is 5.88 Å². The molecule has 2 aromatic heterocycles. The van der Waals surface area contributed by atoms with E-state index in [1.807, 2.05) is 40.9 Å².